The number of aromatic nitrogens is 4. The molecule has 0 fully saturated rings. The van der Waals surface area contributed by atoms with Gasteiger partial charge in [0, 0.05) is 30.6 Å². The molecule has 0 aromatic carbocycles. The SMILES string of the molecule is O=CCc1c(Cl)ncnc1Cl.OCCc1c(Cl)ncnc1Cl. The maximum absolute atomic E-state index is 10.1. The Labute approximate surface area is 146 Å². The molecule has 2 aromatic heterocycles. The van der Waals surface area contributed by atoms with Crippen molar-refractivity contribution in [2.45, 2.75) is 12.8 Å². The summed E-state index contributed by atoms with van der Waals surface area (Å²) in [5.41, 5.74) is 1.07. The number of halogens is 4. The predicted octanol–water partition coefficient (Wildman–Crippen LogP) is 2.84. The quantitative estimate of drug-likeness (QED) is 0.644. The Hall–Kier alpha value is -1.05. The van der Waals surface area contributed by atoms with Gasteiger partial charge in [0.05, 0.1) is 0 Å². The van der Waals surface area contributed by atoms with Crippen LogP contribution in [0.15, 0.2) is 12.7 Å². The molecule has 22 heavy (non-hydrogen) atoms. The van der Waals surface area contributed by atoms with Gasteiger partial charge in [-0.25, -0.2) is 19.9 Å². The average Bonchev–Trinajstić information content (AvgIpc) is 2.48. The van der Waals surface area contributed by atoms with Gasteiger partial charge in [-0.15, -0.1) is 0 Å². The zero-order chi connectivity index (χ0) is 16.5. The van der Waals surface area contributed by atoms with E-state index >= 15 is 0 Å². The van der Waals surface area contributed by atoms with E-state index in [1.54, 1.807) is 0 Å². The van der Waals surface area contributed by atoms with Crippen LogP contribution in [0.1, 0.15) is 11.1 Å². The summed E-state index contributed by atoms with van der Waals surface area (Å²) in [5.74, 6) is 0. The standard InChI is InChI=1S/C6H6Cl2N2O.C6H4Cl2N2O/c2*7-5-4(1-2-11)6(8)10-3-9-5/h3,11H,1-2H2;2-3H,1H2. The Kier molecular flexibility index (Phi) is 8.52. The zero-order valence-corrected chi connectivity index (χ0v) is 14.0. The van der Waals surface area contributed by atoms with Crippen molar-refractivity contribution in [3.05, 3.63) is 44.4 Å². The van der Waals surface area contributed by atoms with Crippen LogP contribution in [0.25, 0.3) is 0 Å². The molecule has 0 saturated heterocycles. The second-order valence-electron chi connectivity index (χ2n) is 3.71. The summed E-state index contributed by atoms with van der Waals surface area (Å²) in [6.07, 6.45) is 3.78. The van der Waals surface area contributed by atoms with Gasteiger partial charge in [0.25, 0.3) is 0 Å². The third-order valence-electron chi connectivity index (χ3n) is 2.33. The minimum atomic E-state index is -0.00713. The molecule has 0 spiro atoms. The highest BCUT2D eigenvalue weighted by Gasteiger charge is 2.06. The number of carbonyl (C=O) groups excluding carboxylic acids is 1. The number of aliphatic hydroxyl groups is 1. The molecule has 0 aliphatic carbocycles. The number of aliphatic hydroxyl groups excluding tert-OH is 1. The number of hydrogen-bond acceptors (Lipinski definition) is 6. The fourth-order valence-corrected chi connectivity index (χ4v) is 2.28. The Morgan fingerprint density at radius 3 is 1.64 bits per heavy atom. The number of nitrogens with zero attached hydrogens (tertiary/aromatic N) is 4. The molecule has 0 bridgehead atoms. The van der Waals surface area contributed by atoms with E-state index in [1.165, 1.54) is 12.7 Å². The van der Waals surface area contributed by atoms with Gasteiger partial charge in [-0.2, -0.15) is 0 Å². The second kappa shape index (κ2) is 9.86. The second-order valence-corrected chi connectivity index (χ2v) is 5.14. The molecule has 0 aliphatic rings. The highest BCUT2D eigenvalue weighted by atomic mass is 35.5. The molecule has 0 aliphatic heterocycles. The van der Waals surface area contributed by atoms with E-state index in [0.29, 0.717) is 34.1 Å². The molecule has 0 saturated carbocycles. The van der Waals surface area contributed by atoms with Crippen molar-refractivity contribution in [1.82, 2.24) is 19.9 Å². The van der Waals surface area contributed by atoms with Crippen molar-refractivity contribution in [1.29, 1.82) is 0 Å². The van der Waals surface area contributed by atoms with Crippen LogP contribution in [0, 0.1) is 0 Å². The van der Waals surface area contributed by atoms with Crippen LogP contribution >= 0.6 is 46.4 Å². The summed E-state index contributed by atoms with van der Waals surface area (Å²) in [7, 11) is 0. The Morgan fingerprint density at radius 2 is 1.27 bits per heavy atom. The highest BCUT2D eigenvalue weighted by molar-refractivity contribution is 6.35. The molecule has 10 heteroatoms. The van der Waals surface area contributed by atoms with Crippen LogP contribution in [0.5, 0.6) is 0 Å². The molecule has 0 radical (unpaired) electrons. The molecule has 118 valence electrons. The average molecular weight is 384 g/mol. The maximum Gasteiger partial charge on any atom is 0.137 e. The van der Waals surface area contributed by atoms with Crippen molar-refractivity contribution >= 4 is 52.7 Å². The molecule has 1 N–H and O–H groups in total. The topological polar surface area (TPSA) is 88.9 Å². The smallest absolute Gasteiger partial charge is 0.137 e. The van der Waals surface area contributed by atoms with E-state index in [0.717, 1.165) is 0 Å². The van der Waals surface area contributed by atoms with Crippen molar-refractivity contribution < 1.29 is 9.90 Å². The first-order chi connectivity index (χ1) is 10.5. The van der Waals surface area contributed by atoms with E-state index in [9.17, 15) is 4.79 Å². The summed E-state index contributed by atoms with van der Waals surface area (Å²) in [6, 6.07) is 0. The predicted molar refractivity (Wildman–Crippen MR) is 84.7 cm³/mol. The van der Waals surface area contributed by atoms with Crippen molar-refractivity contribution in [2.75, 3.05) is 6.61 Å². The van der Waals surface area contributed by atoms with Gasteiger partial charge < -0.3 is 9.90 Å². The summed E-state index contributed by atoms with van der Waals surface area (Å²) >= 11 is 22.6. The molecule has 6 nitrogen and oxygen atoms in total. The summed E-state index contributed by atoms with van der Waals surface area (Å²) in [5, 5.41) is 9.67. The lowest BCUT2D eigenvalue weighted by Gasteiger charge is -2.00. The van der Waals surface area contributed by atoms with Crippen LogP contribution in [0.3, 0.4) is 0 Å². The van der Waals surface area contributed by atoms with Crippen LogP contribution in [0.4, 0.5) is 0 Å². The maximum atomic E-state index is 10.1. The number of aldehydes is 1. The molecule has 0 atom stereocenters. The van der Waals surface area contributed by atoms with Crippen LogP contribution in [-0.2, 0) is 17.6 Å². The fraction of sp³-hybridized carbons (Fsp3) is 0.250. The van der Waals surface area contributed by atoms with E-state index in [1.807, 2.05) is 0 Å². The summed E-state index contributed by atoms with van der Waals surface area (Å²) in [4.78, 5) is 24.9. The fourth-order valence-electron chi connectivity index (χ4n) is 1.31. The van der Waals surface area contributed by atoms with Gasteiger partial charge >= 0.3 is 0 Å². The van der Waals surface area contributed by atoms with Crippen molar-refractivity contribution in [3.63, 3.8) is 0 Å². The van der Waals surface area contributed by atoms with E-state index in [4.69, 9.17) is 51.5 Å². The molecule has 0 unspecified atom stereocenters. The minimum Gasteiger partial charge on any atom is -0.396 e. The molecular weight excluding hydrogens is 374 g/mol. The van der Waals surface area contributed by atoms with Crippen LogP contribution < -0.4 is 0 Å². The largest absolute Gasteiger partial charge is 0.396 e. The first-order valence-electron chi connectivity index (χ1n) is 5.85. The first-order valence-corrected chi connectivity index (χ1v) is 7.36. The van der Waals surface area contributed by atoms with Gasteiger partial charge in [-0.05, 0) is 0 Å². The monoisotopic (exact) mass is 382 g/mol. The lowest BCUT2D eigenvalue weighted by Crippen LogP contribution is -1.96. The summed E-state index contributed by atoms with van der Waals surface area (Å²) < 4.78 is 0. The Balaban J connectivity index is 0.000000220. The summed E-state index contributed by atoms with van der Waals surface area (Å²) in [6.45, 7) is -0.00713. The van der Waals surface area contributed by atoms with Gasteiger partial charge in [-0.3, -0.25) is 0 Å². The third-order valence-corrected chi connectivity index (χ3v) is 3.63. The van der Waals surface area contributed by atoms with Gasteiger partial charge in [0.15, 0.2) is 0 Å². The zero-order valence-electron chi connectivity index (χ0n) is 11.0. The lowest BCUT2D eigenvalue weighted by molar-refractivity contribution is -0.107. The van der Waals surface area contributed by atoms with Gasteiger partial charge in [0.2, 0.25) is 0 Å². The highest BCUT2D eigenvalue weighted by Crippen LogP contribution is 2.20. The van der Waals surface area contributed by atoms with E-state index in [-0.39, 0.29) is 23.3 Å². The van der Waals surface area contributed by atoms with Gasteiger partial charge in [-0.1, -0.05) is 46.4 Å². The van der Waals surface area contributed by atoms with E-state index in [2.05, 4.69) is 19.9 Å². The molecule has 0 amide bonds. The molecule has 2 heterocycles. The van der Waals surface area contributed by atoms with Crippen LogP contribution in [-0.4, -0.2) is 37.9 Å². The minimum absolute atomic E-state index is 0.00713. The normalized spacial score (nSPS) is 9.86. The van der Waals surface area contributed by atoms with E-state index < -0.39 is 0 Å². The Morgan fingerprint density at radius 1 is 0.864 bits per heavy atom. The third kappa shape index (κ3) is 5.62. The molecule has 2 rings (SSSR count). The van der Waals surface area contributed by atoms with Gasteiger partial charge in [0.1, 0.15) is 39.6 Å². The Bertz CT molecular complexity index is 602. The first kappa shape index (κ1) is 19.0. The van der Waals surface area contributed by atoms with Crippen molar-refractivity contribution in [2.24, 2.45) is 0 Å². The lowest BCUT2D eigenvalue weighted by atomic mass is 10.2. The van der Waals surface area contributed by atoms with Crippen molar-refractivity contribution in [3.8, 4) is 0 Å². The molecular formula is C12H10Cl4N4O2. The number of rotatable bonds is 4. The molecule has 2 aromatic rings. The number of carbonyl (C=O) groups is 1. The van der Waals surface area contributed by atoms with Crippen LogP contribution in [0.2, 0.25) is 20.6 Å². The number of hydrogen-bond donors (Lipinski definition) is 1.